The third-order valence-corrected chi connectivity index (χ3v) is 3.85. The van der Waals surface area contributed by atoms with E-state index >= 15 is 0 Å². The summed E-state index contributed by atoms with van der Waals surface area (Å²) in [6, 6.07) is 6.77. The Hall–Kier alpha value is -2.34. The van der Waals surface area contributed by atoms with Crippen molar-refractivity contribution < 1.29 is 19.1 Å². The number of furan rings is 1. The molecule has 1 unspecified atom stereocenters. The van der Waals surface area contributed by atoms with Gasteiger partial charge in [0.15, 0.2) is 0 Å². The van der Waals surface area contributed by atoms with E-state index in [2.05, 4.69) is 5.32 Å². The van der Waals surface area contributed by atoms with Crippen LogP contribution in [0, 0.1) is 0 Å². The zero-order valence-electron chi connectivity index (χ0n) is 11.6. The Morgan fingerprint density at radius 1 is 1.48 bits per heavy atom. The second-order valence-corrected chi connectivity index (χ2v) is 5.14. The lowest BCUT2D eigenvalue weighted by atomic mass is 10.1. The van der Waals surface area contributed by atoms with Gasteiger partial charge in [-0.2, -0.15) is 0 Å². The molecule has 1 aromatic carbocycles. The van der Waals surface area contributed by atoms with Crippen LogP contribution >= 0.6 is 0 Å². The SMILES string of the molecule is CC1C(=O)NCCN1Cc1oc2ccccc2c1C(=O)O. The first-order valence-electron chi connectivity index (χ1n) is 6.83. The highest BCUT2D eigenvalue weighted by atomic mass is 16.4. The van der Waals surface area contributed by atoms with E-state index in [9.17, 15) is 14.7 Å². The second kappa shape index (κ2) is 5.21. The summed E-state index contributed by atoms with van der Waals surface area (Å²) in [5, 5.41) is 12.8. The minimum absolute atomic E-state index is 0.0470. The van der Waals surface area contributed by atoms with Gasteiger partial charge in [0, 0.05) is 18.5 Å². The Morgan fingerprint density at radius 2 is 2.24 bits per heavy atom. The van der Waals surface area contributed by atoms with Crippen molar-refractivity contribution in [3.05, 3.63) is 35.6 Å². The highest BCUT2D eigenvalue weighted by Crippen LogP contribution is 2.27. The van der Waals surface area contributed by atoms with Crippen molar-refractivity contribution in [3.63, 3.8) is 0 Å². The van der Waals surface area contributed by atoms with Gasteiger partial charge in [0.25, 0.3) is 0 Å². The number of carboxylic acids is 1. The molecule has 110 valence electrons. The van der Waals surface area contributed by atoms with E-state index in [1.54, 1.807) is 31.2 Å². The molecule has 1 aliphatic rings. The molecule has 1 aliphatic heterocycles. The number of fused-ring (bicyclic) bond motifs is 1. The van der Waals surface area contributed by atoms with Gasteiger partial charge in [0.1, 0.15) is 16.9 Å². The molecule has 2 N–H and O–H groups in total. The molecule has 2 heterocycles. The van der Waals surface area contributed by atoms with Crippen molar-refractivity contribution >= 4 is 22.8 Å². The summed E-state index contributed by atoms with van der Waals surface area (Å²) in [6.45, 7) is 3.34. The molecular weight excluding hydrogens is 272 g/mol. The number of amides is 1. The number of rotatable bonds is 3. The quantitative estimate of drug-likeness (QED) is 0.893. The van der Waals surface area contributed by atoms with Crippen LogP contribution in [-0.4, -0.2) is 41.0 Å². The molecule has 6 heteroatoms. The molecule has 1 aromatic heterocycles. The van der Waals surface area contributed by atoms with Crippen LogP contribution in [0.1, 0.15) is 23.0 Å². The summed E-state index contributed by atoms with van der Waals surface area (Å²) >= 11 is 0. The van der Waals surface area contributed by atoms with Gasteiger partial charge >= 0.3 is 5.97 Å². The summed E-state index contributed by atoms with van der Waals surface area (Å²) in [7, 11) is 0. The highest BCUT2D eigenvalue weighted by Gasteiger charge is 2.29. The topological polar surface area (TPSA) is 82.8 Å². The summed E-state index contributed by atoms with van der Waals surface area (Å²) < 4.78 is 5.69. The first-order valence-corrected chi connectivity index (χ1v) is 6.83. The Balaban J connectivity index is 1.98. The minimum Gasteiger partial charge on any atom is -0.478 e. The smallest absolute Gasteiger partial charge is 0.339 e. The van der Waals surface area contributed by atoms with Crippen LogP contribution in [0.2, 0.25) is 0 Å². The van der Waals surface area contributed by atoms with Crippen molar-refractivity contribution in [3.8, 4) is 0 Å². The van der Waals surface area contributed by atoms with Crippen LogP contribution in [0.25, 0.3) is 11.0 Å². The van der Waals surface area contributed by atoms with Crippen LogP contribution in [0.4, 0.5) is 0 Å². The fraction of sp³-hybridized carbons (Fsp3) is 0.333. The zero-order chi connectivity index (χ0) is 15.0. The van der Waals surface area contributed by atoms with E-state index in [1.165, 1.54) is 0 Å². The second-order valence-electron chi connectivity index (χ2n) is 5.14. The Kier molecular flexibility index (Phi) is 3.39. The number of aromatic carboxylic acids is 1. The molecule has 0 aliphatic carbocycles. The molecule has 6 nitrogen and oxygen atoms in total. The summed E-state index contributed by atoms with van der Waals surface area (Å²) in [5.74, 6) is -0.663. The fourth-order valence-corrected chi connectivity index (χ4v) is 2.67. The Labute approximate surface area is 121 Å². The molecule has 0 spiro atoms. The van der Waals surface area contributed by atoms with Gasteiger partial charge in [-0.3, -0.25) is 9.69 Å². The van der Waals surface area contributed by atoms with Crippen molar-refractivity contribution in [2.24, 2.45) is 0 Å². The summed E-state index contributed by atoms with van der Waals surface area (Å²) in [6.07, 6.45) is 0. The molecule has 1 amide bonds. The van der Waals surface area contributed by atoms with Crippen molar-refractivity contribution in [2.45, 2.75) is 19.5 Å². The van der Waals surface area contributed by atoms with Crippen LogP contribution < -0.4 is 5.32 Å². The van der Waals surface area contributed by atoms with E-state index in [-0.39, 0.29) is 17.5 Å². The number of carbonyl (C=O) groups excluding carboxylic acids is 1. The molecule has 1 fully saturated rings. The molecule has 0 radical (unpaired) electrons. The number of hydrogen-bond acceptors (Lipinski definition) is 4. The zero-order valence-corrected chi connectivity index (χ0v) is 11.6. The average Bonchev–Trinajstić information content (AvgIpc) is 2.82. The first kappa shape index (κ1) is 13.6. The Bertz CT molecular complexity index is 707. The molecule has 1 saturated heterocycles. The fourth-order valence-electron chi connectivity index (χ4n) is 2.67. The maximum Gasteiger partial charge on any atom is 0.339 e. The third-order valence-electron chi connectivity index (χ3n) is 3.85. The van der Waals surface area contributed by atoms with Crippen LogP contribution in [-0.2, 0) is 11.3 Å². The van der Waals surface area contributed by atoms with Gasteiger partial charge in [-0.1, -0.05) is 18.2 Å². The predicted octanol–water partition coefficient (Wildman–Crippen LogP) is 1.45. The number of para-hydroxylation sites is 1. The number of carbonyl (C=O) groups is 2. The standard InChI is InChI=1S/C15H16N2O4/c1-9-14(18)16-6-7-17(9)8-12-13(15(19)20)10-4-2-3-5-11(10)21-12/h2-5,9H,6-8H2,1H3,(H,16,18)(H,19,20). The van der Waals surface area contributed by atoms with E-state index in [0.29, 0.717) is 36.4 Å². The average molecular weight is 288 g/mol. The summed E-state index contributed by atoms with van der Waals surface area (Å²) in [5.41, 5.74) is 0.739. The summed E-state index contributed by atoms with van der Waals surface area (Å²) in [4.78, 5) is 25.1. The van der Waals surface area contributed by atoms with E-state index in [0.717, 1.165) is 0 Å². The number of nitrogens with one attached hydrogen (secondary N) is 1. The normalized spacial score (nSPS) is 19.7. The van der Waals surface area contributed by atoms with E-state index < -0.39 is 5.97 Å². The highest BCUT2D eigenvalue weighted by molar-refractivity contribution is 6.03. The molecule has 2 aromatic rings. The number of benzene rings is 1. The minimum atomic E-state index is -1.01. The van der Waals surface area contributed by atoms with Crippen LogP contribution in [0.3, 0.4) is 0 Å². The van der Waals surface area contributed by atoms with Crippen LogP contribution in [0.5, 0.6) is 0 Å². The van der Waals surface area contributed by atoms with Gasteiger partial charge in [-0.25, -0.2) is 4.79 Å². The van der Waals surface area contributed by atoms with Gasteiger partial charge in [0.2, 0.25) is 5.91 Å². The maximum atomic E-state index is 11.7. The van der Waals surface area contributed by atoms with E-state index in [4.69, 9.17) is 4.42 Å². The number of nitrogens with zero attached hydrogens (tertiary/aromatic N) is 1. The molecule has 21 heavy (non-hydrogen) atoms. The number of hydrogen-bond donors (Lipinski definition) is 2. The number of carboxylic acid groups (broad SMARTS) is 1. The molecule has 0 bridgehead atoms. The maximum absolute atomic E-state index is 11.7. The molecule has 1 atom stereocenters. The number of piperazine rings is 1. The first-order chi connectivity index (χ1) is 10.1. The van der Waals surface area contributed by atoms with Crippen molar-refractivity contribution in [1.82, 2.24) is 10.2 Å². The van der Waals surface area contributed by atoms with Gasteiger partial charge in [0.05, 0.1) is 12.6 Å². The van der Waals surface area contributed by atoms with Gasteiger partial charge in [-0.15, -0.1) is 0 Å². The molecule has 3 rings (SSSR count). The molecule has 0 saturated carbocycles. The lowest BCUT2D eigenvalue weighted by molar-refractivity contribution is -0.128. The van der Waals surface area contributed by atoms with Gasteiger partial charge < -0.3 is 14.8 Å². The van der Waals surface area contributed by atoms with Gasteiger partial charge in [-0.05, 0) is 13.0 Å². The lowest BCUT2D eigenvalue weighted by Gasteiger charge is -2.32. The molecular formula is C15H16N2O4. The van der Waals surface area contributed by atoms with E-state index in [1.807, 2.05) is 4.90 Å². The predicted molar refractivity (Wildman–Crippen MR) is 76.1 cm³/mol. The monoisotopic (exact) mass is 288 g/mol. The lowest BCUT2D eigenvalue weighted by Crippen LogP contribution is -2.53. The third kappa shape index (κ3) is 2.38. The van der Waals surface area contributed by atoms with Crippen molar-refractivity contribution in [2.75, 3.05) is 13.1 Å². The van der Waals surface area contributed by atoms with Crippen molar-refractivity contribution in [1.29, 1.82) is 0 Å². The van der Waals surface area contributed by atoms with Crippen LogP contribution in [0.15, 0.2) is 28.7 Å². The largest absolute Gasteiger partial charge is 0.478 e. The Morgan fingerprint density at radius 3 is 3.00 bits per heavy atom.